The minimum absolute atomic E-state index is 0.115. The second kappa shape index (κ2) is 12.5. The number of thioether (sulfide) groups is 1. The molecular weight excluding hydrogens is 504 g/mol. The molecule has 3 aromatic carbocycles. The maximum absolute atomic E-state index is 13.1. The van der Waals surface area contributed by atoms with Crippen LogP contribution >= 0.6 is 11.8 Å². The monoisotopic (exact) mass is 534 g/mol. The van der Waals surface area contributed by atoms with Crippen LogP contribution in [-0.4, -0.2) is 43.8 Å². The van der Waals surface area contributed by atoms with E-state index in [1.165, 1.54) is 30.9 Å². The molecule has 3 amide bonds. The number of nitrogens with one attached hydrogen (secondary N) is 1. The Kier molecular flexibility index (Phi) is 8.91. The summed E-state index contributed by atoms with van der Waals surface area (Å²) in [5.74, 6) is 0.669. The lowest BCUT2D eigenvalue weighted by molar-refractivity contribution is -0.121. The van der Waals surface area contributed by atoms with Crippen LogP contribution in [0.15, 0.2) is 71.6 Å². The number of methoxy groups -OCH3 is 2. The Morgan fingerprint density at radius 2 is 1.63 bits per heavy atom. The molecule has 198 valence electrons. The third kappa shape index (κ3) is 6.11. The van der Waals surface area contributed by atoms with Gasteiger partial charge in [0, 0.05) is 17.0 Å². The van der Waals surface area contributed by atoms with Gasteiger partial charge in [0.1, 0.15) is 22.8 Å². The fourth-order valence-corrected chi connectivity index (χ4v) is 5.10. The van der Waals surface area contributed by atoms with Crippen molar-refractivity contribution in [2.24, 2.45) is 0 Å². The van der Waals surface area contributed by atoms with Crippen molar-refractivity contribution in [1.29, 1.82) is 0 Å². The molecule has 8 nitrogen and oxygen atoms in total. The van der Waals surface area contributed by atoms with E-state index in [0.29, 0.717) is 40.8 Å². The van der Waals surface area contributed by atoms with Gasteiger partial charge < -0.3 is 19.5 Å². The third-order valence-electron chi connectivity index (χ3n) is 6.01. The molecule has 1 aliphatic heterocycles. The fourth-order valence-electron chi connectivity index (χ4n) is 4.04. The number of rotatable bonds is 11. The molecule has 0 saturated carbocycles. The van der Waals surface area contributed by atoms with E-state index in [9.17, 15) is 14.4 Å². The number of unbranched alkanes of at least 4 members (excludes halogenated alkanes) is 1. The topological polar surface area (TPSA) is 94.2 Å². The van der Waals surface area contributed by atoms with Gasteiger partial charge in [0.25, 0.3) is 5.91 Å². The van der Waals surface area contributed by atoms with Gasteiger partial charge in [-0.3, -0.25) is 14.4 Å². The lowest BCUT2D eigenvalue weighted by Crippen LogP contribution is -2.31. The van der Waals surface area contributed by atoms with Crippen molar-refractivity contribution in [3.8, 4) is 17.2 Å². The summed E-state index contributed by atoms with van der Waals surface area (Å²) in [7, 11) is 2.98. The van der Waals surface area contributed by atoms with Gasteiger partial charge in [0.2, 0.25) is 11.8 Å². The van der Waals surface area contributed by atoms with Crippen molar-refractivity contribution in [2.75, 3.05) is 31.0 Å². The van der Waals surface area contributed by atoms with Gasteiger partial charge in [-0.15, -0.1) is 11.8 Å². The number of amides is 3. The molecular formula is C29H30N2O6S. The summed E-state index contributed by atoms with van der Waals surface area (Å²) in [5, 5.41) is 2.32. The second-order valence-corrected chi connectivity index (χ2v) is 9.87. The molecule has 0 bridgehead atoms. The fraction of sp³-hybridized carbons (Fsp3) is 0.276. The normalized spacial score (nSPS) is 14.9. The number of ether oxygens (including phenoxy) is 3. The lowest BCUT2D eigenvalue weighted by Gasteiger charge is -2.16. The Morgan fingerprint density at radius 1 is 0.974 bits per heavy atom. The Balaban J connectivity index is 1.39. The summed E-state index contributed by atoms with van der Waals surface area (Å²) in [5.41, 5.74) is 1.41. The summed E-state index contributed by atoms with van der Waals surface area (Å²) in [6, 6.07) is 19.3. The van der Waals surface area contributed by atoms with Gasteiger partial charge in [-0.1, -0.05) is 19.4 Å². The van der Waals surface area contributed by atoms with Gasteiger partial charge in [-0.25, -0.2) is 4.90 Å². The molecule has 0 aromatic heterocycles. The highest BCUT2D eigenvalue weighted by molar-refractivity contribution is 8.00. The molecule has 0 aliphatic carbocycles. The van der Waals surface area contributed by atoms with Gasteiger partial charge in [-0.05, 0) is 67.1 Å². The molecule has 1 atom stereocenters. The molecule has 1 fully saturated rings. The molecule has 4 rings (SSSR count). The maximum Gasteiger partial charge on any atom is 0.263 e. The smallest absolute Gasteiger partial charge is 0.263 e. The van der Waals surface area contributed by atoms with E-state index in [2.05, 4.69) is 12.2 Å². The van der Waals surface area contributed by atoms with E-state index in [4.69, 9.17) is 14.2 Å². The van der Waals surface area contributed by atoms with Crippen LogP contribution in [0.5, 0.6) is 17.2 Å². The van der Waals surface area contributed by atoms with E-state index < -0.39 is 5.25 Å². The molecule has 0 spiro atoms. The first-order valence-corrected chi connectivity index (χ1v) is 13.2. The zero-order valence-electron chi connectivity index (χ0n) is 21.6. The molecule has 1 saturated heterocycles. The quantitative estimate of drug-likeness (QED) is 0.254. The van der Waals surface area contributed by atoms with Gasteiger partial charge >= 0.3 is 0 Å². The van der Waals surface area contributed by atoms with Gasteiger partial charge in [-0.2, -0.15) is 0 Å². The van der Waals surface area contributed by atoms with Crippen molar-refractivity contribution < 1.29 is 28.6 Å². The van der Waals surface area contributed by atoms with Crippen LogP contribution in [0.1, 0.15) is 36.5 Å². The number of anilines is 2. The zero-order chi connectivity index (χ0) is 27.1. The third-order valence-corrected chi connectivity index (χ3v) is 7.21. The van der Waals surface area contributed by atoms with Crippen LogP contribution in [0.25, 0.3) is 0 Å². The van der Waals surface area contributed by atoms with Crippen molar-refractivity contribution in [2.45, 2.75) is 36.3 Å². The average Bonchev–Trinajstić information content (AvgIpc) is 3.21. The standard InChI is InChI=1S/C29H30N2O6S/c1-4-5-17-37-21-13-11-20(12-14-21)31-26(32)18-25(29(31)34)38-22-15-9-19(10-16-22)30-28(33)27-23(35-2)7-6-8-24(27)36-3/h6-16,25H,4-5,17-18H2,1-3H3,(H,30,33). The van der Waals surface area contributed by atoms with Crippen molar-refractivity contribution in [3.05, 3.63) is 72.3 Å². The predicted octanol–water partition coefficient (Wildman–Crippen LogP) is 5.56. The molecule has 1 aliphatic rings. The van der Waals surface area contributed by atoms with Crippen LogP contribution in [-0.2, 0) is 9.59 Å². The number of hydrogen-bond acceptors (Lipinski definition) is 7. The highest BCUT2D eigenvalue weighted by atomic mass is 32.2. The molecule has 9 heteroatoms. The Hall–Kier alpha value is -3.98. The Morgan fingerprint density at radius 3 is 2.24 bits per heavy atom. The number of benzene rings is 3. The second-order valence-electron chi connectivity index (χ2n) is 8.59. The number of carbonyl (C=O) groups is 3. The number of carbonyl (C=O) groups excluding carboxylic acids is 3. The first kappa shape index (κ1) is 27.1. The van der Waals surface area contributed by atoms with E-state index in [1.807, 2.05) is 12.1 Å². The average molecular weight is 535 g/mol. The summed E-state index contributed by atoms with van der Waals surface area (Å²) >= 11 is 1.32. The van der Waals surface area contributed by atoms with E-state index in [1.54, 1.807) is 54.6 Å². The predicted molar refractivity (Wildman–Crippen MR) is 148 cm³/mol. The number of imide groups is 1. The summed E-state index contributed by atoms with van der Waals surface area (Å²) < 4.78 is 16.3. The van der Waals surface area contributed by atoms with E-state index in [0.717, 1.165) is 17.7 Å². The van der Waals surface area contributed by atoms with E-state index >= 15 is 0 Å². The van der Waals surface area contributed by atoms with Crippen LogP contribution in [0.3, 0.4) is 0 Å². The lowest BCUT2D eigenvalue weighted by atomic mass is 10.1. The van der Waals surface area contributed by atoms with Crippen LogP contribution < -0.4 is 24.4 Å². The first-order chi connectivity index (χ1) is 18.4. The van der Waals surface area contributed by atoms with Gasteiger partial charge in [0.05, 0.1) is 31.8 Å². The largest absolute Gasteiger partial charge is 0.496 e. The molecule has 3 aromatic rings. The minimum Gasteiger partial charge on any atom is -0.496 e. The van der Waals surface area contributed by atoms with Crippen molar-refractivity contribution in [3.63, 3.8) is 0 Å². The minimum atomic E-state index is -0.527. The molecule has 38 heavy (non-hydrogen) atoms. The van der Waals surface area contributed by atoms with Crippen LogP contribution in [0, 0.1) is 0 Å². The van der Waals surface area contributed by atoms with Crippen molar-refractivity contribution in [1.82, 2.24) is 0 Å². The Bertz CT molecular complexity index is 1270. The number of nitrogens with zero attached hydrogens (tertiary/aromatic N) is 1. The van der Waals surface area contributed by atoms with Crippen LogP contribution in [0.2, 0.25) is 0 Å². The highest BCUT2D eigenvalue weighted by Crippen LogP contribution is 2.35. The summed E-state index contributed by atoms with van der Waals surface area (Å²) in [4.78, 5) is 40.7. The van der Waals surface area contributed by atoms with Crippen molar-refractivity contribution >= 4 is 40.9 Å². The number of hydrogen-bond donors (Lipinski definition) is 1. The molecule has 1 heterocycles. The molecule has 1 N–H and O–H groups in total. The highest BCUT2D eigenvalue weighted by Gasteiger charge is 2.40. The molecule has 0 radical (unpaired) electrons. The zero-order valence-corrected chi connectivity index (χ0v) is 22.4. The van der Waals surface area contributed by atoms with Gasteiger partial charge in [0.15, 0.2) is 0 Å². The Labute approximate surface area is 226 Å². The summed E-state index contributed by atoms with van der Waals surface area (Å²) in [6.07, 6.45) is 2.13. The SMILES string of the molecule is CCCCOc1ccc(N2C(=O)CC(Sc3ccc(NC(=O)c4c(OC)cccc4OC)cc3)C2=O)cc1. The van der Waals surface area contributed by atoms with Crippen LogP contribution in [0.4, 0.5) is 11.4 Å². The maximum atomic E-state index is 13.1. The summed E-state index contributed by atoms with van der Waals surface area (Å²) in [6.45, 7) is 2.73. The van der Waals surface area contributed by atoms with E-state index in [-0.39, 0.29) is 24.1 Å². The molecule has 1 unspecified atom stereocenters. The first-order valence-electron chi connectivity index (χ1n) is 12.3.